The molecule has 3 rings (SSSR count). The Labute approximate surface area is 151 Å². The molecule has 1 amide bonds. The fourth-order valence-electron chi connectivity index (χ4n) is 2.54. The number of benzene rings is 1. The van der Waals surface area contributed by atoms with Crippen molar-refractivity contribution >= 4 is 50.3 Å². The van der Waals surface area contributed by atoms with Gasteiger partial charge in [-0.1, -0.05) is 6.07 Å². The molecule has 0 fully saturated rings. The van der Waals surface area contributed by atoms with E-state index in [9.17, 15) is 19.7 Å². The summed E-state index contributed by atoms with van der Waals surface area (Å²) in [5.74, 6) is -0.627. The van der Waals surface area contributed by atoms with Crippen LogP contribution in [0.5, 0.6) is 0 Å². The maximum absolute atomic E-state index is 12.5. The number of nitrogens with one attached hydrogen (secondary N) is 1. The predicted molar refractivity (Wildman–Crippen MR) is 99.8 cm³/mol. The first kappa shape index (κ1) is 17.5. The molecule has 9 heteroatoms. The number of nitrogens with two attached hydrogens (primary N) is 1. The zero-order valence-electron chi connectivity index (χ0n) is 13.9. The van der Waals surface area contributed by atoms with E-state index in [1.54, 1.807) is 19.1 Å². The number of aryl methyl sites for hydroxylation is 1. The second-order valence-electron chi connectivity index (χ2n) is 5.64. The van der Waals surface area contributed by atoms with Crippen LogP contribution in [0, 0.1) is 17.0 Å². The average molecular weight is 370 g/mol. The highest BCUT2D eigenvalue weighted by Crippen LogP contribution is 2.34. The molecule has 8 nitrogen and oxygen atoms in total. The zero-order valence-corrected chi connectivity index (χ0v) is 14.7. The summed E-state index contributed by atoms with van der Waals surface area (Å²) in [6.45, 7) is 3.16. The second-order valence-corrected chi connectivity index (χ2v) is 6.64. The number of nitrogen functional groups attached to an aromatic ring is 1. The minimum Gasteiger partial charge on any atom is -0.397 e. The van der Waals surface area contributed by atoms with E-state index in [-0.39, 0.29) is 27.7 Å². The van der Waals surface area contributed by atoms with E-state index in [0.29, 0.717) is 21.5 Å². The number of nitro groups is 1. The average Bonchev–Trinajstić information content (AvgIpc) is 2.90. The van der Waals surface area contributed by atoms with Gasteiger partial charge >= 0.3 is 0 Å². The Bertz CT molecular complexity index is 1070. The molecule has 0 atom stereocenters. The third-order valence-electron chi connectivity index (χ3n) is 3.81. The highest BCUT2D eigenvalue weighted by molar-refractivity contribution is 7.21. The van der Waals surface area contributed by atoms with Crippen LogP contribution in [-0.2, 0) is 0 Å². The van der Waals surface area contributed by atoms with Gasteiger partial charge in [0.15, 0.2) is 5.78 Å². The lowest BCUT2D eigenvalue weighted by Crippen LogP contribution is -2.12. The summed E-state index contributed by atoms with van der Waals surface area (Å²) in [4.78, 5) is 39.7. The monoisotopic (exact) mass is 370 g/mol. The number of carbonyl (C=O) groups is 2. The number of anilines is 2. The topological polar surface area (TPSA) is 128 Å². The molecule has 0 saturated heterocycles. The lowest BCUT2D eigenvalue weighted by atomic mass is 10.1. The van der Waals surface area contributed by atoms with Crippen molar-refractivity contribution in [2.24, 2.45) is 0 Å². The first-order valence-corrected chi connectivity index (χ1v) is 8.36. The molecule has 0 aliphatic carbocycles. The molecule has 1 aromatic carbocycles. The molecule has 0 radical (unpaired) electrons. The molecule has 2 aromatic heterocycles. The predicted octanol–water partition coefficient (Wildman–Crippen LogP) is 3.55. The summed E-state index contributed by atoms with van der Waals surface area (Å²) in [5, 5.41) is 14.0. The maximum Gasteiger partial charge on any atom is 0.271 e. The fourth-order valence-corrected chi connectivity index (χ4v) is 3.56. The Hall–Kier alpha value is -3.33. The number of non-ortho nitro benzene ring substituents is 1. The zero-order chi connectivity index (χ0) is 19.0. The Morgan fingerprint density at radius 2 is 2.04 bits per heavy atom. The van der Waals surface area contributed by atoms with Gasteiger partial charge in [0.1, 0.15) is 9.71 Å². The Kier molecular flexibility index (Phi) is 4.39. The molecule has 0 unspecified atom stereocenters. The molecule has 0 aliphatic rings. The fraction of sp³-hybridized carbons (Fsp3) is 0.118. The summed E-state index contributed by atoms with van der Waals surface area (Å²) >= 11 is 1.10. The second kappa shape index (κ2) is 6.52. The van der Waals surface area contributed by atoms with E-state index in [1.165, 1.54) is 25.1 Å². The van der Waals surface area contributed by atoms with Crippen molar-refractivity contribution < 1.29 is 14.5 Å². The van der Waals surface area contributed by atoms with Crippen molar-refractivity contribution in [1.29, 1.82) is 0 Å². The molecule has 2 heterocycles. The molecule has 0 aliphatic heterocycles. The van der Waals surface area contributed by atoms with E-state index < -0.39 is 10.8 Å². The lowest BCUT2D eigenvalue weighted by molar-refractivity contribution is -0.384. The van der Waals surface area contributed by atoms with Crippen LogP contribution in [0.4, 0.5) is 17.1 Å². The smallest absolute Gasteiger partial charge is 0.271 e. The van der Waals surface area contributed by atoms with Crippen molar-refractivity contribution in [3.05, 3.63) is 56.6 Å². The van der Waals surface area contributed by atoms with Gasteiger partial charge in [0.2, 0.25) is 0 Å². The minimum absolute atomic E-state index is 0.129. The van der Waals surface area contributed by atoms with Crippen LogP contribution in [0.25, 0.3) is 10.2 Å². The van der Waals surface area contributed by atoms with Gasteiger partial charge in [-0.15, -0.1) is 11.3 Å². The number of nitro benzene ring substituents is 1. The Balaban J connectivity index is 1.98. The third kappa shape index (κ3) is 3.11. The quantitative estimate of drug-likeness (QED) is 0.410. The number of pyridine rings is 1. The number of hydrogen-bond acceptors (Lipinski definition) is 7. The van der Waals surface area contributed by atoms with Gasteiger partial charge in [0, 0.05) is 34.5 Å². The van der Waals surface area contributed by atoms with Crippen LogP contribution in [0.2, 0.25) is 0 Å². The van der Waals surface area contributed by atoms with Gasteiger partial charge in [-0.3, -0.25) is 19.7 Å². The van der Waals surface area contributed by atoms with E-state index in [2.05, 4.69) is 10.3 Å². The van der Waals surface area contributed by atoms with Crippen molar-refractivity contribution in [1.82, 2.24) is 4.98 Å². The number of thiophene rings is 1. The van der Waals surface area contributed by atoms with Crippen molar-refractivity contribution in [3.8, 4) is 0 Å². The van der Waals surface area contributed by atoms with Gasteiger partial charge in [0.05, 0.1) is 10.6 Å². The first-order valence-electron chi connectivity index (χ1n) is 7.54. The van der Waals surface area contributed by atoms with Gasteiger partial charge in [-0.25, -0.2) is 4.98 Å². The minimum atomic E-state index is -0.542. The number of fused-ring (bicyclic) bond motifs is 1. The van der Waals surface area contributed by atoms with Crippen molar-refractivity contribution in [2.75, 3.05) is 11.1 Å². The molecule has 3 N–H and O–H groups in total. The van der Waals surface area contributed by atoms with Crippen LogP contribution in [0.1, 0.15) is 32.6 Å². The maximum atomic E-state index is 12.5. The number of amides is 1. The van der Waals surface area contributed by atoms with Crippen molar-refractivity contribution in [3.63, 3.8) is 0 Å². The summed E-state index contributed by atoms with van der Waals surface area (Å²) in [6, 6.07) is 7.25. The van der Waals surface area contributed by atoms with Gasteiger partial charge in [-0.2, -0.15) is 0 Å². The summed E-state index contributed by atoms with van der Waals surface area (Å²) in [5.41, 5.74) is 7.48. The molecule has 26 heavy (non-hydrogen) atoms. The molecule has 3 aromatic rings. The molecular weight excluding hydrogens is 356 g/mol. The first-order chi connectivity index (χ1) is 12.3. The number of ketones is 1. The molecule has 0 bridgehead atoms. The van der Waals surface area contributed by atoms with Gasteiger partial charge < -0.3 is 11.1 Å². The number of aromatic nitrogens is 1. The van der Waals surface area contributed by atoms with Crippen LogP contribution in [0.3, 0.4) is 0 Å². The number of rotatable bonds is 4. The molecule has 132 valence electrons. The lowest BCUT2D eigenvalue weighted by Gasteiger charge is -2.04. The standard InChI is InChI=1S/C17H14N4O4S/c1-8-12(9(2)22)7-13-14(18)15(26-17(13)19-8)16(23)20-10-4-3-5-11(6-10)21(24)25/h3-7H,18H2,1-2H3,(H,20,23). The molecular formula is C17H14N4O4S. The Morgan fingerprint density at radius 1 is 1.31 bits per heavy atom. The van der Waals surface area contributed by atoms with Crippen LogP contribution < -0.4 is 11.1 Å². The molecule has 0 spiro atoms. The largest absolute Gasteiger partial charge is 0.397 e. The van der Waals surface area contributed by atoms with E-state index >= 15 is 0 Å². The van der Waals surface area contributed by atoms with E-state index in [1.807, 2.05) is 0 Å². The highest BCUT2D eigenvalue weighted by atomic mass is 32.1. The summed E-state index contributed by atoms with van der Waals surface area (Å²) < 4.78 is 0. The van der Waals surface area contributed by atoms with Gasteiger partial charge in [-0.05, 0) is 26.0 Å². The third-order valence-corrected chi connectivity index (χ3v) is 4.93. The van der Waals surface area contributed by atoms with Crippen LogP contribution >= 0.6 is 11.3 Å². The SMILES string of the molecule is CC(=O)c1cc2c(N)c(C(=O)Nc3cccc([N+](=O)[O-])c3)sc2nc1C. The van der Waals surface area contributed by atoms with E-state index in [4.69, 9.17) is 5.73 Å². The normalized spacial score (nSPS) is 10.7. The summed E-state index contributed by atoms with van der Waals surface area (Å²) in [7, 11) is 0. The van der Waals surface area contributed by atoms with E-state index in [0.717, 1.165) is 11.3 Å². The van der Waals surface area contributed by atoms with Crippen LogP contribution in [0.15, 0.2) is 30.3 Å². The summed E-state index contributed by atoms with van der Waals surface area (Å²) in [6.07, 6.45) is 0. The Morgan fingerprint density at radius 3 is 2.69 bits per heavy atom. The van der Waals surface area contributed by atoms with Gasteiger partial charge in [0.25, 0.3) is 11.6 Å². The molecule has 0 saturated carbocycles. The number of carbonyl (C=O) groups excluding carboxylic acids is 2. The number of hydrogen-bond donors (Lipinski definition) is 2. The van der Waals surface area contributed by atoms with Crippen molar-refractivity contribution in [2.45, 2.75) is 13.8 Å². The van der Waals surface area contributed by atoms with Crippen LogP contribution in [-0.4, -0.2) is 21.6 Å². The highest BCUT2D eigenvalue weighted by Gasteiger charge is 2.20. The number of nitrogens with zero attached hydrogens (tertiary/aromatic N) is 2. The number of Topliss-reactive ketones (excluding diaryl/α,β-unsaturated/α-hetero) is 1.